The van der Waals surface area contributed by atoms with E-state index in [4.69, 9.17) is 4.74 Å². The van der Waals surface area contributed by atoms with E-state index in [2.05, 4.69) is 25.6 Å². The second-order valence-electron chi connectivity index (χ2n) is 7.12. The number of amides is 1. The maximum atomic E-state index is 11.4. The van der Waals surface area contributed by atoms with E-state index >= 15 is 0 Å². The fourth-order valence-corrected chi connectivity index (χ4v) is 3.91. The summed E-state index contributed by atoms with van der Waals surface area (Å²) in [6.07, 6.45) is 5.93. The molecule has 0 bridgehead atoms. The molecule has 1 aliphatic carbocycles. The molecule has 0 radical (unpaired) electrons. The van der Waals surface area contributed by atoms with Crippen LogP contribution in [0.2, 0.25) is 0 Å². The van der Waals surface area contributed by atoms with Gasteiger partial charge in [-0.1, -0.05) is 12.8 Å². The quantitative estimate of drug-likeness (QED) is 0.744. The largest absolute Gasteiger partial charge is 0.386 e. The number of aromatic nitrogens is 4. The molecule has 2 aliphatic rings. The van der Waals surface area contributed by atoms with E-state index in [0.29, 0.717) is 23.0 Å². The van der Waals surface area contributed by atoms with Crippen LogP contribution < -0.4 is 10.6 Å². The number of ether oxygens (including phenoxy) is 1. The Bertz CT molecular complexity index is 803. The van der Waals surface area contributed by atoms with E-state index in [1.165, 1.54) is 26.1 Å². The lowest BCUT2D eigenvalue weighted by atomic mass is 10.1. The normalized spacial score (nSPS) is 29.3. The molecule has 26 heavy (non-hydrogen) atoms. The van der Waals surface area contributed by atoms with E-state index in [9.17, 15) is 9.90 Å². The minimum Gasteiger partial charge on any atom is -0.386 e. The Morgan fingerprint density at radius 2 is 2.08 bits per heavy atom. The lowest BCUT2D eigenvalue weighted by Crippen LogP contribution is -2.45. The highest BCUT2D eigenvalue weighted by Crippen LogP contribution is 2.32. The molecule has 1 aliphatic heterocycles. The molecule has 1 amide bonds. The van der Waals surface area contributed by atoms with Gasteiger partial charge in [-0.25, -0.2) is 15.0 Å². The molecule has 0 spiro atoms. The van der Waals surface area contributed by atoms with Crippen LogP contribution in [0.3, 0.4) is 0 Å². The first-order valence-corrected chi connectivity index (χ1v) is 9.09. The Kier molecular flexibility index (Phi) is 4.49. The van der Waals surface area contributed by atoms with Crippen LogP contribution in [-0.2, 0) is 9.53 Å². The van der Waals surface area contributed by atoms with Crippen LogP contribution in [0.4, 0.5) is 5.82 Å². The molecule has 9 heteroatoms. The van der Waals surface area contributed by atoms with Crippen molar-refractivity contribution in [1.82, 2.24) is 24.8 Å². The van der Waals surface area contributed by atoms with E-state index in [1.807, 2.05) is 6.92 Å². The minimum atomic E-state index is -0.896. The number of carbonyl (C=O) groups excluding carboxylic acids is 1. The molecule has 4 rings (SSSR count). The van der Waals surface area contributed by atoms with Crippen LogP contribution in [0.1, 0.15) is 45.8 Å². The molecule has 2 aromatic rings. The zero-order valence-corrected chi connectivity index (χ0v) is 14.9. The molecule has 4 atom stereocenters. The Labute approximate surface area is 151 Å². The number of imidazole rings is 1. The van der Waals surface area contributed by atoms with Gasteiger partial charge in [0.1, 0.15) is 12.4 Å². The average Bonchev–Trinajstić information content (AvgIpc) is 3.31. The Balaban J connectivity index is 1.62. The molecule has 0 unspecified atom stereocenters. The van der Waals surface area contributed by atoms with Gasteiger partial charge >= 0.3 is 0 Å². The molecule has 1 saturated carbocycles. The van der Waals surface area contributed by atoms with Crippen LogP contribution >= 0.6 is 0 Å². The van der Waals surface area contributed by atoms with Crippen molar-refractivity contribution in [3.8, 4) is 0 Å². The topological polar surface area (TPSA) is 114 Å². The van der Waals surface area contributed by atoms with Gasteiger partial charge in [0.25, 0.3) is 0 Å². The van der Waals surface area contributed by atoms with Gasteiger partial charge in [0.2, 0.25) is 5.91 Å². The molecule has 1 saturated heterocycles. The summed E-state index contributed by atoms with van der Waals surface area (Å²) in [4.78, 5) is 24.5. The fourth-order valence-electron chi connectivity index (χ4n) is 3.91. The average molecular weight is 360 g/mol. The van der Waals surface area contributed by atoms with Gasteiger partial charge in [0, 0.05) is 13.0 Å². The fraction of sp³-hybridized carbons (Fsp3) is 0.647. The molecule has 9 nitrogen and oxygen atoms in total. The molecule has 0 aromatic carbocycles. The van der Waals surface area contributed by atoms with Gasteiger partial charge in [-0.05, 0) is 19.8 Å². The summed E-state index contributed by atoms with van der Waals surface area (Å²) in [5, 5.41) is 16.9. The molecule has 2 fully saturated rings. The lowest BCUT2D eigenvalue weighted by Gasteiger charge is -2.19. The number of rotatable bonds is 4. The Hall–Kier alpha value is -2.26. The molecule has 3 heterocycles. The van der Waals surface area contributed by atoms with Crippen molar-refractivity contribution >= 4 is 22.9 Å². The predicted octanol–water partition coefficient (Wildman–Crippen LogP) is 0.964. The summed E-state index contributed by atoms with van der Waals surface area (Å²) in [5.41, 5.74) is 1.26. The first-order chi connectivity index (χ1) is 12.5. The monoisotopic (exact) mass is 360 g/mol. The van der Waals surface area contributed by atoms with Gasteiger partial charge in [-0.3, -0.25) is 9.36 Å². The molecular formula is C17H24N6O3. The zero-order chi connectivity index (χ0) is 18.3. The lowest BCUT2D eigenvalue weighted by molar-refractivity contribution is -0.120. The third kappa shape index (κ3) is 3.01. The summed E-state index contributed by atoms with van der Waals surface area (Å²) < 4.78 is 7.60. The summed E-state index contributed by atoms with van der Waals surface area (Å²) in [6.45, 7) is 3.25. The second-order valence-corrected chi connectivity index (χ2v) is 7.12. The highest BCUT2D eigenvalue weighted by molar-refractivity contribution is 5.82. The summed E-state index contributed by atoms with van der Waals surface area (Å²) >= 11 is 0. The molecule has 3 N–H and O–H groups in total. The summed E-state index contributed by atoms with van der Waals surface area (Å²) in [7, 11) is 0. The maximum Gasteiger partial charge on any atom is 0.217 e. The van der Waals surface area contributed by atoms with Gasteiger partial charge < -0.3 is 20.5 Å². The van der Waals surface area contributed by atoms with Gasteiger partial charge in [-0.15, -0.1) is 0 Å². The number of aliphatic hydroxyl groups is 1. The Morgan fingerprint density at radius 1 is 1.31 bits per heavy atom. The van der Waals surface area contributed by atoms with E-state index < -0.39 is 18.4 Å². The predicted molar refractivity (Wildman–Crippen MR) is 94.4 cm³/mol. The smallest absolute Gasteiger partial charge is 0.217 e. The second kappa shape index (κ2) is 6.81. The molecule has 2 aromatic heterocycles. The molecule has 140 valence electrons. The first-order valence-electron chi connectivity index (χ1n) is 9.09. The van der Waals surface area contributed by atoms with Crippen molar-refractivity contribution in [1.29, 1.82) is 0 Å². The van der Waals surface area contributed by atoms with Crippen molar-refractivity contribution in [2.24, 2.45) is 0 Å². The third-order valence-corrected chi connectivity index (χ3v) is 5.22. The van der Waals surface area contributed by atoms with Crippen molar-refractivity contribution in [2.45, 2.75) is 70.1 Å². The van der Waals surface area contributed by atoms with Gasteiger partial charge in [-0.2, -0.15) is 0 Å². The van der Waals surface area contributed by atoms with Crippen molar-refractivity contribution in [2.75, 3.05) is 5.32 Å². The number of hydrogen-bond acceptors (Lipinski definition) is 7. The number of aliphatic hydroxyl groups excluding tert-OH is 1. The van der Waals surface area contributed by atoms with Gasteiger partial charge in [0.05, 0.1) is 18.5 Å². The zero-order valence-electron chi connectivity index (χ0n) is 14.9. The standard InChI is InChI=1S/C17H24N6O3/c1-9-12(21-10(2)24)14(25)17(26-9)23-8-20-13-15(18-7-19-16(13)23)22-11-5-3-4-6-11/h7-9,11-12,14,17,25H,3-6H2,1-2H3,(H,21,24)(H,18,19,22)/t9-,12+,14-,17-/m1/s1. The maximum absolute atomic E-state index is 11.4. The van der Waals surface area contributed by atoms with E-state index in [1.54, 1.807) is 10.9 Å². The van der Waals surface area contributed by atoms with E-state index in [0.717, 1.165) is 12.8 Å². The van der Waals surface area contributed by atoms with Crippen LogP contribution in [-0.4, -0.2) is 54.8 Å². The number of carbonyl (C=O) groups is 1. The summed E-state index contributed by atoms with van der Waals surface area (Å²) in [6, 6.07) is -0.0661. The van der Waals surface area contributed by atoms with Crippen LogP contribution in [0.5, 0.6) is 0 Å². The van der Waals surface area contributed by atoms with Crippen LogP contribution in [0.15, 0.2) is 12.7 Å². The van der Waals surface area contributed by atoms with Crippen LogP contribution in [0.25, 0.3) is 11.2 Å². The summed E-state index contributed by atoms with van der Waals surface area (Å²) in [5.74, 6) is 0.505. The van der Waals surface area contributed by atoms with Crippen LogP contribution in [0, 0.1) is 0 Å². The van der Waals surface area contributed by atoms with E-state index in [-0.39, 0.29) is 12.0 Å². The van der Waals surface area contributed by atoms with Crippen molar-refractivity contribution in [3.05, 3.63) is 12.7 Å². The Morgan fingerprint density at radius 3 is 2.81 bits per heavy atom. The molecular weight excluding hydrogens is 336 g/mol. The highest BCUT2D eigenvalue weighted by Gasteiger charge is 2.43. The number of hydrogen-bond donors (Lipinski definition) is 3. The first kappa shape index (κ1) is 17.2. The number of nitrogens with one attached hydrogen (secondary N) is 2. The third-order valence-electron chi connectivity index (χ3n) is 5.22. The minimum absolute atomic E-state index is 0.203. The van der Waals surface area contributed by atoms with Gasteiger partial charge in [0.15, 0.2) is 23.2 Å². The number of nitrogens with zero attached hydrogens (tertiary/aromatic N) is 4. The number of anilines is 1. The highest BCUT2D eigenvalue weighted by atomic mass is 16.5. The van der Waals surface area contributed by atoms with Crippen molar-refractivity contribution in [3.63, 3.8) is 0 Å². The SMILES string of the molecule is CC(=O)N[C@@H]1[C@@H](O)[C@H](n2cnc3c(NC4CCCC4)ncnc32)O[C@@H]1C. The number of fused-ring (bicyclic) bond motifs is 1. The van der Waals surface area contributed by atoms with Crippen molar-refractivity contribution < 1.29 is 14.6 Å².